The van der Waals surface area contributed by atoms with Gasteiger partial charge in [-0.3, -0.25) is 0 Å². The SMILES string of the molecule is CCCNC(CCCOC)c1occc1C. The fourth-order valence-electron chi connectivity index (χ4n) is 1.82. The van der Waals surface area contributed by atoms with E-state index in [-0.39, 0.29) is 0 Å². The summed E-state index contributed by atoms with van der Waals surface area (Å²) in [6.45, 7) is 6.10. The molecule has 0 spiro atoms. The van der Waals surface area contributed by atoms with Crippen molar-refractivity contribution in [1.29, 1.82) is 0 Å². The first-order chi connectivity index (χ1) is 7.79. The Bertz CT molecular complexity index is 283. The quantitative estimate of drug-likeness (QED) is 0.690. The standard InChI is InChI=1S/C13H23NO2/c1-4-8-14-12(6-5-9-15-3)13-11(2)7-10-16-13/h7,10,12,14H,4-6,8-9H2,1-3H3. The molecule has 0 bridgehead atoms. The maximum atomic E-state index is 5.55. The summed E-state index contributed by atoms with van der Waals surface area (Å²) in [6, 6.07) is 2.34. The van der Waals surface area contributed by atoms with Gasteiger partial charge in [-0.1, -0.05) is 6.92 Å². The summed E-state index contributed by atoms with van der Waals surface area (Å²) in [5.41, 5.74) is 1.23. The summed E-state index contributed by atoms with van der Waals surface area (Å²) in [5.74, 6) is 1.07. The van der Waals surface area contributed by atoms with Crippen molar-refractivity contribution in [2.75, 3.05) is 20.3 Å². The van der Waals surface area contributed by atoms with Gasteiger partial charge in [0.2, 0.25) is 0 Å². The summed E-state index contributed by atoms with van der Waals surface area (Å²) in [6.07, 6.45) is 5.02. The molecule has 1 unspecified atom stereocenters. The molecule has 0 aromatic carbocycles. The third kappa shape index (κ3) is 3.99. The van der Waals surface area contributed by atoms with Gasteiger partial charge in [-0.05, 0) is 44.4 Å². The number of methoxy groups -OCH3 is 1. The number of nitrogens with one attached hydrogen (secondary N) is 1. The highest BCUT2D eigenvalue weighted by atomic mass is 16.5. The van der Waals surface area contributed by atoms with Crippen LogP contribution in [0.15, 0.2) is 16.7 Å². The Morgan fingerprint density at radius 3 is 2.88 bits per heavy atom. The molecule has 0 aliphatic heterocycles. The highest BCUT2D eigenvalue weighted by Gasteiger charge is 2.15. The first kappa shape index (κ1) is 13.3. The Hall–Kier alpha value is -0.800. The van der Waals surface area contributed by atoms with Crippen molar-refractivity contribution in [1.82, 2.24) is 5.32 Å². The van der Waals surface area contributed by atoms with Crippen molar-refractivity contribution in [2.45, 2.75) is 39.2 Å². The van der Waals surface area contributed by atoms with E-state index in [1.165, 1.54) is 5.56 Å². The van der Waals surface area contributed by atoms with E-state index in [1.807, 2.05) is 6.07 Å². The first-order valence-corrected chi connectivity index (χ1v) is 6.06. The molecule has 0 radical (unpaired) electrons. The fraction of sp³-hybridized carbons (Fsp3) is 0.692. The van der Waals surface area contributed by atoms with Crippen molar-refractivity contribution in [2.24, 2.45) is 0 Å². The third-order valence-corrected chi connectivity index (χ3v) is 2.70. The Balaban J connectivity index is 2.53. The second kappa shape index (κ2) is 7.47. The van der Waals surface area contributed by atoms with Crippen LogP contribution in [0.1, 0.15) is 43.6 Å². The maximum absolute atomic E-state index is 5.55. The van der Waals surface area contributed by atoms with Crippen LogP contribution in [-0.2, 0) is 4.74 Å². The van der Waals surface area contributed by atoms with Crippen LogP contribution >= 0.6 is 0 Å². The van der Waals surface area contributed by atoms with E-state index in [9.17, 15) is 0 Å². The molecule has 92 valence electrons. The second-order valence-electron chi connectivity index (χ2n) is 4.11. The van der Waals surface area contributed by atoms with E-state index in [0.717, 1.165) is 38.2 Å². The predicted molar refractivity (Wildman–Crippen MR) is 65.6 cm³/mol. The fourth-order valence-corrected chi connectivity index (χ4v) is 1.82. The van der Waals surface area contributed by atoms with E-state index in [4.69, 9.17) is 9.15 Å². The van der Waals surface area contributed by atoms with Crippen LogP contribution in [0.25, 0.3) is 0 Å². The monoisotopic (exact) mass is 225 g/mol. The molecular weight excluding hydrogens is 202 g/mol. The average molecular weight is 225 g/mol. The van der Waals surface area contributed by atoms with Gasteiger partial charge in [0.15, 0.2) is 0 Å². The van der Waals surface area contributed by atoms with Crippen LogP contribution in [0.2, 0.25) is 0 Å². The van der Waals surface area contributed by atoms with Crippen molar-refractivity contribution in [3.05, 3.63) is 23.7 Å². The van der Waals surface area contributed by atoms with Crippen LogP contribution in [0.3, 0.4) is 0 Å². The summed E-state index contributed by atoms with van der Waals surface area (Å²) >= 11 is 0. The van der Waals surface area contributed by atoms with Crippen LogP contribution < -0.4 is 5.32 Å². The number of rotatable bonds is 8. The molecule has 0 fully saturated rings. The number of hydrogen-bond acceptors (Lipinski definition) is 3. The molecule has 1 rings (SSSR count). The Labute approximate surface area is 98.2 Å². The zero-order valence-electron chi connectivity index (χ0n) is 10.6. The van der Waals surface area contributed by atoms with Gasteiger partial charge in [-0.2, -0.15) is 0 Å². The van der Waals surface area contributed by atoms with Gasteiger partial charge < -0.3 is 14.5 Å². The zero-order valence-corrected chi connectivity index (χ0v) is 10.6. The van der Waals surface area contributed by atoms with E-state index < -0.39 is 0 Å². The molecular formula is C13H23NO2. The van der Waals surface area contributed by atoms with Crippen LogP contribution in [-0.4, -0.2) is 20.3 Å². The van der Waals surface area contributed by atoms with Gasteiger partial charge in [0.25, 0.3) is 0 Å². The van der Waals surface area contributed by atoms with Gasteiger partial charge in [0.1, 0.15) is 5.76 Å². The Morgan fingerprint density at radius 1 is 1.50 bits per heavy atom. The molecule has 0 aliphatic carbocycles. The maximum Gasteiger partial charge on any atom is 0.123 e. The topological polar surface area (TPSA) is 34.4 Å². The number of hydrogen-bond donors (Lipinski definition) is 1. The molecule has 1 N–H and O–H groups in total. The smallest absolute Gasteiger partial charge is 0.123 e. The predicted octanol–water partition coefficient (Wildman–Crippen LogP) is 3.06. The molecule has 1 heterocycles. The molecule has 0 amide bonds. The van der Waals surface area contributed by atoms with Gasteiger partial charge in [-0.25, -0.2) is 0 Å². The van der Waals surface area contributed by atoms with Crippen LogP contribution in [0.4, 0.5) is 0 Å². The average Bonchev–Trinajstić information content (AvgIpc) is 2.70. The zero-order chi connectivity index (χ0) is 11.8. The van der Waals surface area contributed by atoms with Crippen molar-refractivity contribution < 1.29 is 9.15 Å². The second-order valence-corrected chi connectivity index (χ2v) is 4.11. The minimum absolute atomic E-state index is 0.324. The largest absolute Gasteiger partial charge is 0.467 e. The molecule has 1 atom stereocenters. The minimum Gasteiger partial charge on any atom is -0.467 e. The van der Waals surface area contributed by atoms with E-state index in [2.05, 4.69) is 19.2 Å². The van der Waals surface area contributed by atoms with E-state index in [1.54, 1.807) is 13.4 Å². The number of ether oxygens (including phenoxy) is 1. The lowest BCUT2D eigenvalue weighted by Crippen LogP contribution is -2.22. The lowest BCUT2D eigenvalue weighted by Gasteiger charge is -2.17. The summed E-state index contributed by atoms with van der Waals surface area (Å²) in [7, 11) is 1.74. The molecule has 3 heteroatoms. The van der Waals surface area contributed by atoms with Crippen LogP contribution in [0.5, 0.6) is 0 Å². The van der Waals surface area contributed by atoms with Crippen molar-refractivity contribution in [3.8, 4) is 0 Å². The molecule has 0 saturated heterocycles. The summed E-state index contributed by atoms with van der Waals surface area (Å²) in [5, 5.41) is 3.52. The normalized spacial score (nSPS) is 12.9. The molecule has 3 nitrogen and oxygen atoms in total. The Morgan fingerprint density at radius 2 is 2.31 bits per heavy atom. The molecule has 0 saturated carbocycles. The summed E-state index contributed by atoms with van der Waals surface area (Å²) < 4.78 is 10.6. The van der Waals surface area contributed by atoms with E-state index >= 15 is 0 Å². The van der Waals surface area contributed by atoms with Crippen molar-refractivity contribution in [3.63, 3.8) is 0 Å². The first-order valence-electron chi connectivity index (χ1n) is 6.06. The molecule has 0 aliphatic rings. The van der Waals surface area contributed by atoms with Gasteiger partial charge in [-0.15, -0.1) is 0 Å². The summed E-state index contributed by atoms with van der Waals surface area (Å²) in [4.78, 5) is 0. The third-order valence-electron chi connectivity index (χ3n) is 2.70. The highest BCUT2D eigenvalue weighted by Crippen LogP contribution is 2.22. The number of furan rings is 1. The molecule has 1 aromatic rings. The van der Waals surface area contributed by atoms with E-state index in [0.29, 0.717) is 6.04 Å². The van der Waals surface area contributed by atoms with Crippen LogP contribution in [0, 0.1) is 6.92 Å². The molecule has 16 heavy (non-hydrogen) atoms. The lowest BCUT2D eigenvalue weighted by molar-refractivity contribution is 0.187. The van der Waals surface area contributed by atoms with Gasteiger partial charge >= 0.3 is 0 Å². The Kier molecular flexibility index (Phi) is 6.19. The lowest BCUT2D eigenvalue weighted by atomic mass is 10.1. The highest BCUT2D eigenvalue weighted by molar-refractivity contribution is 5.18. The van der Waals surface area contributed by atoms with Gasteiger partial charge in [0, 0.05) is 13.7 Å². The van der Waals surface area contributed by atoms with Gasteiger partial charge in [0.05, 0.1) is 12.3 Å². The van der Waals surface area contributed by atoms with Crippen molar-refractivity contribution >= 4 is 0 Å². The molecule has 1 aromatic heterocycles. The number of aryl methyl sites for hydroxylation is 1. The minimum atomic E-state index is 0.324.